The molecule has 0 atom stereocenters. The minimum atomic E-state index is 0.0346. The molecule has 0 N–H and O–H groups in total. The Balaban J connectivity index is 1.62. The largest absolute Gasteiger partial charge is 0.488 e. The Kier molecular flexibility index (Phi) is 4.78. The molecule has 0 saturated heterocycles. The highest BCUT2D eigenvalue weighted by Crippen LogP contribution is 2.32. The number of ether oxygens (including phenoxy) is 1. The van der Waals surface area contributed by atoms with Crippen LogP contribution in [-0.2, 0) is 6.54 Å². The lowest BCUT2D eigenvalue weighted by Gasteiger charge is -2.23. The lowest BCUT2D eigenvalue weighted by atomic mass is 9.84. The van der Waals surface area contributed by atoms with Gasteiger partial charge in [0.05, 0.1) is 18.3 Å². The summed E-state index contributed by atoms with van der Waals surface area (Å²) in [6, 6.07) is 5.79. The van der Waals surface area contributed by atoms with Crippen LogP contribution < -0.4 is 10.3 Å². The van der Waals surface area contributed by atoms with Crippen molar-refractivity contribution in [1.29, 1.82) is 0 Å². The number of rotatable bonds is 5. The molecule has 5 rings (SSSR count). The molecule has 0 aromatic carbocycles. The Labute approximate surface area is 170 Å². The molecule has 0 amide bonds. The van der Waals surface area contributed by atoms with Crippen molar-refractivity contribution in [2.24, 2.45) is 0 Å². The molecule has 6 nitrogen and oxygen atoms in total. The molecule has 0 unspecified atom stereocenters. The van der Waals surface area contributed by atoms with Gasteiger partial charge >= 0.3 is 0 Å². The topological polar surface area (TPSA) is 69.9 Å². The molecule has 0 spiro atoms. The highest BCUT2D eigenvalue weighted by atomic mass is 16.5. The highest BCUT2D eigenvalue weighted by molar-refractivity contribution is 5.71. The number of aryl methyl sites for hydroxylation is 1. The van der Waals surface area contributed by atoms with Gasteiger partial charge in [-0.05, 0) is 56.7 Å². The molecular weight excluding hydrogens is 364 g/mol. The van der Waals surface area contributed by atoms with Gasteiger partial charge in [-0.1, -0.05) is 19.3 Å². The van der Waals surface area contributed by atoms with Crippen molar-refractivity contribution < 1.29 is 4.74 Å². The van der Waals surface area contributed by atoms with E-state index >= 15 is 0 Å². The van der Waals surface area contributed by atoms with E-state index in [0.717, 1.165) is 53.9 Å². The first kappa shape index (κ1) is 18.3. The monoisotopic (exact) mass is 390 g/mol. The molecule has 2 saturated carbocycles. The summed E-state index contributed by atoms with van der Waals surface area (Å²) < 4.78 is 7.79. The maximum Gasteiger partial charge on any atom is 0.256 e. The SMILES string of the molecule is Cc1cnc2cc(C3CCCCC3)c(=O)n(Cc3ncccc3OC3CC3)c2n1. The van der Waals surface area contributed by atoms with Gasteiger partial charge in [-0.15, -0.1) is 0 Å². The number of hydrogen-bond donors (Lipinski definition) is 0. The smallest absolute Gasteiger partial charge is 0.256 e. The summed E-state index contributed by atoms with van der Waals surface area (Å²) in [5.74, 6) is 1.07. The summed E-state index contributed by atoms with van der Waals surface area (Å²) in [6.45, 7) is 2.25. The molecule has 2 aliphatic rings. The van der Waals surface area contributed by atoms with E-state index in [0.29, 0.717) is 18.1 Å². The fourth-order valence-electron chi connectivity index (χ4n) is 4.25. The Morgan fingerprint density at radius 3 is 2.76 bits per heavy atom. The predicted octanol–water partition coefficient (Wildman–Crippen LogP) is 4.13. The zero-order chi connectivity index (χ0) is 19.8. The van der Waals surface area contributed by atoms with Gasteiger partial charge in [0, 0.05) is 18.0 Å². The van der Waals surface area contributed by atoms with Crippen LogP contribution in [0, 0.1) is 6.92 Å². The standard InChI is InChI=1S/C23H26N4O2/c1-15-13-25-19-12-18(16-6-3-2-4-7-16)23(28)27(22(19)26-15)14-20-21(8-5-11-24-20)29-17-9-10-17/h5,8,11-13,16-17H,2-4,6-7,9-10,14H2,1H3. The van der Waals surface area contributed by atoms with Crippen LogP contribution in [0.2, 0.25) is 0 Å². The Morgan fingerprint density at radius 2 is 1.97 bits per heavy atom. The Bertz CT molecular complexity index is 1100. The third-order valence-electron chi connectivity index (χ3n) is 5.96. The molecule has 6 heteroatoms. The lowest BCUT2D eigenvalue weighted by Crippen LogP contribution is -2.28. The Hall–Kier alpha value is -2.76. The van der Waals surface area contributed by atoms with Crippen molar-refractivity contribution in [3.8, 4) is 5.75 Å². The zero-order valence-electron chi connectivity index (χ0n) is 16.8. The van der Waals surface area contributed by atoms with Crippen molar-refractivity contribution in [3.63, 3.8) is 0 Å². The minimum Gasteiger partial charge on any atom is -0.488 e. The van der Waals surface area contributed by atoms with Crippen LogP contribution in [0.1, 0.15) is 67.8 Å². The fourth-order valence-corrected chi connectivity index (χ4v) is 4.25. The molecule has 150 valence electrons. The second-order valence-electron chi connectivity index (χ2n) is 8.31. The van der Waals surface area contributed by atoms with E-state index in [9.17, 15) is 4.79 Å². The van der Waals surface area contributed by atoms with E-state index in [1.807, 2.05) is 25.1 Å². The van der Waals surface area contributed by atoms with Crippen LogP contribution in [0.25, 0.3) is 11.2 Å². The zero-order valence-corrected chi connectivity index (χ0v) is 16.8. The predicted molar refractivity (Wildman–Crippen MR) is 111 cm³/mol. The number of aromatic nitrogens is 4. The van der Waals surface area contributed by atoms with Gasteiger partial charge < -0.3 is 4.74 Å². The number of fused-ring (bicyclic) bond motifs is 1. The number of hydrogen-bond acceptors (Lipinski definition) is 5. The Morgan fingerprint density at radius 1 is 1.14 bits per heavy atom. The van der Waals surface area contributed by atoms with Crippen LogP contribution in [0.15, 0.2) is 35.4 Å². The second kappa shape index (κ2) is 7.58. The lowest BCUT2D eigenvalue weighted by molar-refractivity contribution is 0.297. The van der Waals surface area contributed by atoms with Crippen LogP contribution in [0.5, 0.6) is 5.75 Å². The van der Waals surface area contributed by atoms with E-state index < -0.39 is 0 Å². The van der Waals surface area contributed by atoms with Gasteiger partial charge in [-0.25, -0.2) is 4.98 Å². The maximum absolute atomic E-state index is 13.6. The minimum absolute atomic E-state index is 0.0346. The molecular formula is C23H26N4O2. The molecule has 0 radical (unpaired) electrons. The van der Waals surface area contributed by atoms with Crippen LogP contribution >= 0.6 is 0 Å². The van der Waals surface area contributed by atoms with E-state index in [2.05, 4.69) is 15.0 Å². The van der Waals surface area contributed by atoms with E-state index in [1.54, 1.807) is 17.0 Å². The summed E-state index contributed by atoms with van der Waals surface area (Å²) in [7, 11) is 0. The van der Waals surface area contributed by atoms with Gasteiger partial charge in [0.1, 0.15) is 17.0 Å². The summed E-state index contributed by atoms with van der Waals surface area (Å²) >= 11 is 0. The first-order valence-corrected chi connectivity index (χ1v) is 10.7. The molecule has 29 heavy (non-hydrogen) atoms. The quantitative estimate of drug-likeness (QED) is 0.655. The van der Waals surface area contributed by atoms with E-state index in [4.69, 9.17) is 4.74 Å². The number of pyridine rings is 2. The van der Waals surface area contributed by atoms with Crippen LogP contribution in [0.3, 0.4) is 0 Å². The fraction of sp³-hybridized carbons (Fsp3) is 0.478. The van der Waals surface area contributed by atoms with Gasteiger partial charge in [-0.3, -0.25) is 19.3 Å². The van der Waals surface area contributed by atoms with E-state index in [1.165, 1.54) is 19.3 Å². The maximum atomic E-state index is 13.6. The molecule has 3 heterocycles. The van der Waals surface area contributed by atoms with Gasteiger partial charge in [0.15, 0.2) is 5.65 Å². The average molecular weight is 390 g/mol. The van der Waals surface area contributed by atoms with Crippen molar-refractivity contribution in [1.82, 2.24) is 19.5 Å². The third kappa shape index (κ3) is 3.76. The molecule has 3 aromatic heterocycles. The average Bonchev–Trinajstić information content (AvgIpc) is 3.56. The highest BCUT2D eigenvalue weighted by Gasteiger charge is 2.26. The molecule has 2 fully saturated rings. The number of nitrogens with zero attached hydrogens (tertiary/aromatic N) is 4. The molecule has 3 aromatic rings. The first-order valence-electron chi connectivity index (χ1n) is 10.7. The van der Waals surface area contributed by atoms with Crippen molar-refractivity contribution in [2.75, 3.05) is 0 Å². The van der Waals surface area contributed by atoms with Crippen molar-refractivity contribution >= 4 is 11.2 Å². The molecule has 0 aliphatic heterocycles. The van der Waals surface area contributed by atoms with Crippen LogP contribution in [-0.4, -0.2) is 25.6 Å². The summed E-state index contributed by atoms with van der Waals surface area (Å²) in [5.41, 5.74) is 3.87. The summed E-state index contributed by atoms with van der Waals surface area (Å²) in [4.78, 5) is 27.3. The van der Waals surface area contributed by atoms with Crippen LogP contribution in [0.4, 0.5) is 0 Å². The van der Waals surface area contributed by atoms with Crippen molar-refractivity contribution in [3.05, 3.63) is 57.9 Å². The third-order valence-corrected chi connectivity index (χ3v) is 5.96. The molecule has 2 aliphatic carbocycles. The van der Waals surface area contributed by atoms with Gasteiger partial charge in [0.25, 0.3) is 5.56 Å². The summed E-state index contributed by atoms with van der Waals surface area (Å²) in [5, 5.41) is 0. The first-order chi connectivity index (χ1) is 14.2. The summed E-state index contributed by atoms with van der Waals surface area (Å²) in [6.07, 6.45) is 11.7. The molecule has 0 bridgehead atoms. The van der Waals surface area contributed by atoms with Gasteiger partial charge in [-0.2, -0.15) is 0 Å². The second-order valence-corrected chi connectivity index (χ2v) is 8.31. The normalized spacial score (nSPS) is 17.6. The van der Waals surface area contributed by atoms with Crippen molar-refractivity contribution in [2.45, 2.75) is 70.4 Å². The van der Waals surface area contributed by atoms with E-state index in [-0.39, 0.29) is 11.7 Å². The van der Waals surface area contributed by atoms with Gasteiger partial charge in [0.2, 0.25) is 0 Å².